The van der Waals surface area contributed by atoms with Crippen molar-refractivity contribution in [3.05, 3.63) is 57.8 Å². The molecule has 0 unspecified atom stereocenters. The summed E-state index contributed by atoms with van der Waals surface area (Å²) in [4.78, 5) is 13.0. The highest BCUT2D eigenvalue weighted by Crippen LogP contribution is 2.31. The van der Waals surface area contributed by atoms with Gasteiger partial charge in [0.05, 0.1) is 18.0 Å². The number of hydrogen-bond donors (Lipinski definition) is 1. The number of phenols is 1. The van der Waals surface area contributed by atoms with Gasteiger partial charge in [-0.15, -0.1) is 0 Å². The van der Waals surface area contributed by atoms with Gasteiger partial charge in [0.15, 0.2) is 0 Å². The number of ether oxygens (including phenoxy) is 1. The van der Waals surface area contributed by atoms with Crippen LogP contribution < -0.4 is 10.2 Å². The molecule has 0 radical (unpaired) electrons. The maximum absolute atomic E-state index is 13.0. The molecule has 0 saturated heterocycles. The van der Waals surface area contributed by atoms with Crippen LogP contribution in [0.3, 0.4) is 0 Å². The highest BCUT2D eigenvalue weighted by molar-refractivity contribution is 6.30. The van der Waals surface area contributed by atoms with Crippen LogP contribution in [0.5, 0.6) is 11.5 Å². The lowest BCUT2D eigenvalue weighted by molar-refractivity contribution is 0.409. The number of hydrogen-bond acceptors (Lipinski definition) is 3. The van der Waals surface area contributed by atoms with Gasteiger partial charge in [-0.2, -0.15) is 0 Å². The van der Waals surface area contributed by atoms with E-state index in [9.17, 15) is 9.90 Å². The fraction of sp³-hybridized carbons (Fsp3) is 0.211. The minimum atomic E-state index is -0.222. The van der Waals surface area contributed by atoms with E-state index < -0.39 is 0 Å². The number of aryl methyl sites for hydroxylation is 1. The Bertz CT molecular complexity index is 963. The number of halogens is 1. The maximum atomic E-state index is 13.0. The highest BCUT2D eigenvalue weighted by atomic mass is 35.5. The van der Waals surface area contributed by atoms with Gasteiger partial charge in [-0.1, -0.05) is 30.7 Å². The van der Waals surface area contributed by atoms with Crippen LogP contribution in [-0.2, 0) is 6.54 Å². The molecule has 3 rings (SSSR count). The van der Waals surface area contributed by atoms with E-state index in [1.54, 1.807) is 24.3 Å². The summed E-state index contributed by atoms with van der Waals surface area (Å²) < 4.78 is 7.18. The number of methoxy groups -OCH3 is 1. The molecule has 0 fully saturated rings. The van der Waals surface area contributed by atoms with Crippen LogP contribution in [-0.4, -0.2) is 16.8 Å². The highest BCUT2D eigenvalue weighted by Gasteiger charge is 2.15. The van der Waals surface area contributed by atoms with Crippen molar-refractivity contribution in [1.29, 1.82) is 0 Å². The summed E-state index contributed by atoms with van der Waals surface area (Å²) in [5.74, 6) is 0.433. The molecule has 1 N–H and O–H groups in total. The number of benzene rings is 2. The van der Waals surface area contributed by atoms with Gasteiger partial charge in [-0.05, 0) is 24.1 Å². The lowest BCUT2D eigenvalue weighted by Crippen LogP contribution is -2.12. The van der Waals surface area contributed by atoms with Crippen molar-refractivity contribution >= 4 is 22.5 Å². The van der Waals surface area contributed by atoms with Crippen LogP contribution in [0.2, 0.25) is 5.02 Å². The van der Waals surface area contributed by atoms with E-state index in [1.165, 1.54) is 13.2 Å². The van der Waals surface area contributed by atoms with E-state index >= 15 is 0 Å². The van der Waals surface area contributed by atoms with E-state index in [1.807, 2.05) is 16.8 Å². The average molecular weight is 344 g/mol. The summed E-state index contributed by atoms with van der Waals surface area (Å²) in [6, 6.07) is 10.4. The summed E-state index contributed by atoms with van der Waals surface area (Å²) in [6.45, 7) is 2.78. The molecule has 1 aromatic heterocycles. The van der Waals surface area contributed by atoms with Crippen LogP contribution in [0, 0.1) is 0 Å². The SMILES string of the molecule is CCCn1cc(-c2cccc(Cl)c2)c(=O)c2c(O)cc(OC)cc21. The smallest absolute Gasteiger partial charge is 0.200 e. The van der Waals surface area contributed by atoms with Gasteiger partial charge in [0.1, 0.15) is 11.5 Å². The molecular weight excluding hydrogens is 326 g/mol. The molecule has 24 heavy (non-hydrogen) atoms. The second-order valence-electron chi connectivity index (χ2n) is 5.62. The quantitative estimate of drug-likeness (QED) is 0.761. The monoisotopic (exact) mass is 343 g/mol. The van der Waals surface area contributed by atoms with Crippen LogP contribution >= 0.6 is 11.6 Å². The Kier molecular flexibility index (Phi) is 4.49. The number of aromatic hydroxyl groups is 1. The van der Waals surface area contributed by atoms with Gasteiger partial charge < -0.3 is 14.4 Å². The van der Waals surface area contributed by atoms with Gasteiger partial charge in [0, 0.05) is 35.5 Å². The summed E-state index contributed by atoms with van der Waals surface area (Å²) in [5, 5.41) is 11.2. The molecule has 5 heteroatoms. The van der Waals surface area contributed by atoms with E-state index in [4.69, 9.17) is 16.3 Å². The summed E-state index contributed by atoms with van der Waals surface area (Å²) >= 11 is 6.06. The molecule has 3 aromatic rings. The molecule has 4 nitrogen and oxygen atoms in total. The third-order valence-electron chi connectivity index (χ3n) is 3.97. The minimum Gasteiger partial charge on any atom is -0.507 e. The van der Waals surface area contributed by atoms with Gasteiger partial charge in [0.2, 0.25) is 5.43 Å². The van der Waals surface area contributed by atoms with E-state index in [0.717, 1.165) is 18.5 Å². The Balaban J connectivity index is 2.39. The van der Waals surface area contributed by atoms with E-state index in [-0.39, 0.29) is 11.2 Å². The first kappa shape index (κ1) is 16.4. The third-order valence-corrected chi connectivity index (χ3v) is 4.21. The first-order chi connectivity index (χ1) is 11.5. The van der Waals surface area contributed by atoms with Gasteiger partial charge in [0.25, 0.3) is 0 Å². The fourth-order valence-corrected chi connectivity index (χ4v) is 3.06. The van der Waals surface area contributed by atoms with Crippen molar-refractivity contribution in [3.8, 4) is 22.6 Å². The van der Waals surface area contributed by atoms with E-state index in [0.29, 0.717) is 27.2 Å². The molecule has 0 amide bonds. The zero-order chi connectivity index (χ0) is 17.3. The first-order valence-corrected chi connectivity index (χ1v) is 8.13. The molecule has 124 valence electrons. The van der Waals surface area contributed by atoms with Crippen LogP contribution in [0.4, 0.5) is 0 Å². The molecule has 1 heterocycles. The van der Waals surface area contributed by atoms with Crippen molar-refractivity contribution < 1.29 is 9.84 Å². The van der Waals surface area contributed by atoms with Gasteiger partial charge in [-0.3, -0.25) is 4.79 Å². The van der Waals surface area contributed by atoms with Gasteiger partial charge in [-0.25, -0.2) is 0 Å². The first-order valence-electron chi connectivity index (χ1n) is 7.75. The molecule has 0 atom stereocenters. The van der Waals surface area contributed by atoms with E-state index in [2.05, 4.69) is 6.92 Å². The number of pyridine rings is 1. The number of phenolic OH excluding ortho intramolecular Hbond substituents is 1. The summed E-state index contributed by atoms with van der Waals surface area (Å²) in [5.41, 5.74) is 1.68. The van der Waals surface area contributed by atoms with Crippen molar-refractivity contribution in [2.45, 2.75) is 19.9 Å². The normalized spacial score (nSPS) is 11.0. The second kappa shape index (κ2) is 6.57. The number of nitrogens with zero attached hydrogens (tertiary/aromatic N) is 1. The molecule has 0 bridgehead atoms. The lowest BCUT2D eigenvalue weighted by atomic mass is 10.0. The Labute approximate surface area is 144 Å². The number of rotatable bonds is 4. The van der Waals surface area contributed by atoms with Crippen molar-refractivity contribution in [1.82, 2.24) is 4.57 Å². The van der Waals surface area contributed by atoms with Gasteiger partial charge >= 0.3 is 0 Å². The summed E-state index contributed by atoms with van der Waals surface area (Å²) in [7, 11) is 1.53. The molecule has 0 saturated carbocycles. The Morgan fingerprint density at radius 2 is 2.04 bits per heavy atom. The topological polar surface area (TPSA) is 51.5 Å². The Hall–Kier alpha value is -2.46. The van der Waals surface area contributed by atoms with Crippen molar-refractivity contribution in [3.63, 3.8) is 0 Å². The average Bonchev–Trinajstić information content (AvgIpc) is 2.56. The number of aromatic nitrogens is 1. The molecular formula is C19H18ClNO3. The predicted molar refractivity (Wildman–Crippen MR) is 97.2 cm³/mol. The van der Waals surface area contributed by atoms with Crippen LogP contribution in [0.15, 0.2) is 47.4 Å². The Morgan fingerprint density at radius 1 is 1.25 bits per heavy atom. The standard InChI is InChI=1S/C19H18ClNO3/c1-3-7-21-11-15(12-5-4-6-13(20)8-12)19(23)18-16(21)9-14(24-2)10-17(18)22/h4-6,8-11,22H,3,7H2,1-2H3. The minimum absolute atomic E-state index is 0.0805. The molecule has 0 aliphatic heterocycles. The fourth-order valence-electron chi connectivity index (χ4n) is 2.87. The summed E-state index contributed by atoms with van der Waals surface area (Å²) in [6.07, 6.45) is 2.71. The molecule has 0 aliphatic carbocycles. The third kappa shape index (κ3) is 2.85. The Morgan fingerprint density at radius 3 is 2.71 bits per heavy atom. The van der Waals surface area contributed by atoms with Crippen molar-refractivity contribution in [2.75, 3.05) is 7.11 Å². The van der Waals surface area contributed by atoms with Crippen molar-refractivity contribution in [2.24, 2.45) is 0 Å². The lowest BCUT2D eigenvalue weighted by Gasteiger charge is -2.15. The largest absolute Gasteiger partial charge is 0.507 e. The van der Waals surface area contributed by atoms with Crippen LogP contribution in [0.1, 0.15) is 13.3 Å². The molecule has 0 aliphatic rings. The second-order valence-corrected chi connectivity index (χ2v) is 6.05. The zero-order valence-corrected chi connectivity index (χ0v) is 14.3. The zero-order valence-electron chi connectivity index (χ0n) is 13.5. The predicted octanol–water partition coefficient (Wildman–Crippen LogP) is 4.45. The number of fused-ring (bicyclic) bond motifs is 1. The maximum Gasteiger partial charge on any atom is 0.200 e. The van der Waals surface area contributed by atoms with Crippen LogP contribution in [0.25, 0.3) is 22.0 Å². The molecule has 0 spiro atoms. The molecule has 2 aromatic carbocycles.